The van der Waals surface area contributed by atoms with Crippen LogP contribution in [-0.2, 0) is 0 Å². The number of nitrogens with zero attached hydrogens (tertiary/aromatic N) is 5. The SMILES string of the molecule is O=c1[nH]c(Sc2n[nH]c(-c3ccc(Cl)cc3)n2)nc2c1cnn2-c1ccccc1. The van der Waals surface area contributed by atoms with Crippen LogP contribution in [-0.4, -0.2) is 34.9 Å². The maximum Gasteiger partial charge on any atom is 0.262 e. The zero-order valence-electron chi connectivity index (χ0n) is 14.7. The second-order valence-electron chi connectivity index (χ2n) is 6.08. The second-order valence-corrected chi connectivity index (χ2v) is 7.47. The fourth-order valence-electron chi connectivity index (χ4n) is 2.82. The molecule has 0 aliphatic rings. The van der Waals surface area contributed by atoms with Crippen LogP contribution in [0.2, 0.25) is 5.02 Å². The summed E-state index contributed by atoms with van der Waals surface area (Å²) in [4.78, 5) is 24.2. The van der Waals surface area contributed by atoms with Gasteiger partial charge in [-0.05, 0) is 48.2 Å². The van der Waals surface area contributed by atoms with Gasteiger partial charge < -0.3 is 4.98 Å². The molecule has 8 nitrogen and oxygen atoms in total. The molecule has 2 N–H and O–H groups in total. The minimum absolute atomic E-state index is 0.270. The first-order valence-corrected chi connectivity index (χ1v) is 9.76. The van der Waals surface area contributed by atoms with Crippen molar-refractivity contribution < 1.29 is 0 Å². The monoisotopic (exact) mass is 421 g/mol. The minimum atomic E-state index is -0.270. The number of para-hydroxylation sites is 1. The first kappa shape index (κ1) is 17.7. The van der Waals surface area contributed by atoms with Gasteiger partial charge >= 0.3 is 0 Å². The number of aromatic nitrogens is 7. The number of fused-ring (bicyclic) bond motifs is 1. The Morgan fingerprint density at radius 1 is 1.00 bits per heavy atom. The summed E-state index contributed by atoms with van der Waals surface area (Å²) in [5, 5.41) is 13.3. The summed E-state index contributed by atoms with van der Waals surface area (Å²) in [6.45, 7) is 0. The van der Waals surface area contributed by atoms with Gasteiger partial charge in [0.25, 0.3) is 5.56 Å². The number of aromatic amines is 2. The number of halogens is 1. The van der Waals surface area contributed by atoms with E-state index in [-0.39, 0.29) is 5.56 Å². The van der Waals surface area contributed by atoms with E-state index in [1.54, 1.807) is 16.8 Å². The summed E-state index contributed by atoms with van der Waals surface area (Å²) in [5.74, 6) is 0.599. The molecule has 5 rings (SSSR count). The summed E-state index contributed by atoms with van der Waals surface area (Å²) in [6, 6.07) is 16.8. The average molecular weight is 422 g/mol. The van der Waals surface area contributed by atoms with Gasteiger partial charge in [0, 0.05) is 10.6 Å². The van der Waals surface area contributed by atoms with Crippen molar-refractivity contribution in [3.8, 4) is 17.1 Å². The Morgan fingerprint density at radius 2 is 1.79 bits per heavy atom. The van der Waals surface area contributed by atoms with E-state index < -0.39 is 0 Å². The van der Waals surface area contributed by atoms with Crippen molar-refractivity contribution in [3.63, 3.8) is 0 Å². The van der Waals surface area contributed by atoms with E-state index in [1.165, 1.54) is 6.20 Å². The summed E-state index contributed by atoms with van der Waals surface area (Å²) in [7, 11) is 0. The van der Waals surface area contributed by atoms with Crippen molar-refractivity contribution in [2.75, 3.05) is 0 Å². The number of benzene rings is 2. The molecule has 0 saturated carbocycles. The summed E-state index contributed by atoms with van der Waals surface area (Å²) >= 11 is 7.08. The van der Waals surface area contributed by atoms with Crippen LogP contribution in [0.1, 0.15) is 0 Å². The Morgan fingerprint density at radius 3 is 2.59 bits per heavy atom. The molecule has 0 bridgehead atoms. The Bertz CT molecular complexity index is 1360. The van der Waals surface area contributed by atoms with Gasteiger partial charge in [0.05, 0.1) is 11.9 Å². The molecule has 0 unspecified atom stereocenters. The highest BCUT2D eigenvalue weighted by Crippen LogP contribution is 2.25. The molecule has 0 amide bonds. The van der Waals surface area contributed by atoms with Gasteiger partial charge in [0.2, 0.25) is 5.16 Å². The topological polar surface area (TPSA) is 105 Å². The van der Waals surface area contributed by atoms with Gasteiger partial charge in [0.15, 0.2) is 16.6 Å². The molecule has 29 heavy (non-hydrogen) atoms. The molecular formula is C19H12ClN7OS. The first-order chi connectivity index (χ1) is 14.2. The van der Waals surface area contributed by atoms with E-state index in [4.69, 9.17) is 11.6 Å². The van der Waals surface area contributed by atoms with Crippen LogP contribution in [0.3, 0.4) is 0 Å². The van der Waals surface area contributed by atoms with Crippen LogP contribution in [0, 0.1) is 0 Å². The van der Waals surface area contributed by atoms with Gasteiger partial charge in [-0.2, -0.15) is 5.10 Å². The number of hydrogen-bond donors (Lipinski definition) is 2. The fraction of sp³-hybridized carbons (Fsp3) is 0. The van der Waals surface area contributed by atoms with Gasteiger partial charge in [-0.15, -0.1) is 5.10 Å². The molecule has 3 heterocycles. The highest BCUT2D eigenvalue weighted by atomic mass is 35.5. The van der Waals surface area contributed by atoms with Crippen molar-refractivity contribution in [1.82, 2.24) is 34.9 Å². The third-order valence-corrected chi connectivity index (χ3v) is 5.19. The molecule has 5 aromatic rings. The van der Waals surface area contributed by atoms with Crippen LogP contribution >= 0.6 is 23.4 Å². The Labute approximate surface area is 173 Å². The lowest BCUT2D eigenvalue weighted by atomic mass is 10.2. The fourth-order valence-corrected chi connectivity index (χ4v) is 3.62. The highest BCUT2D eigenvalue weighted by Gasteiger charge is 2.14. The van der Waals surface area contributed by atoms with Crippen molar-refractivity contribution in [3.05, 3.63) is 76.2 Å². The predicted molar refractivity (Wildman–Crippen MR) is 110 cm³/mol. The molecule has 0 spiro atoms. The van der Waals surface area contributed by atoms with E-state index in [1.807, 2.05) is 42.5 Å². The quantitative estimate of drug-likeness (QED) is 0.429. The highest BCUT2D eigenvalue weighted by molar-refractivity contribution is 7.99. The van der Waals surface area contributed by atoms with Gasteiger partial charge in [-0.25, -0.2) is 14.6 Å². The van der Waals surface area contributed by atoms with E-state index in [9.17, 15) is 4.79 Å². The average Bonchev–Trinajstić information content (AvgIpc) is 3.37. The standard InChI is InChI=1S/C19H12ClN7OS/c20-12-8-6-11(7-9-12)15-22-19(26-25-15)29-18-23-16-14(17(28)24-18)10-21-27(16)13-4-2-1-3-5-13/h1-10H,(H,22,25,26)(H,23,24,28). The third kappa shape index (κ3) is 3.41. The van der Waals surface area contributed by atoms with Crippen LogP contribution in [0.4, 0.5) is 0 Å². The minimum Gasteiger partial charge on any atom is -0.300 e. The zero-order valence-corrected chi connectivity index (χ0v) is 16.3. The summed E-state index contributed by atoms with van der Waals surface area (Å²) in [5.41, 5.74) is 1.87. The predicted octanol–water partition coefficient (Wildman–Crippen LogP) is 3.70. The maximum absolute atomic E-state index is 12.5. The largest absolute Gasteiger partial charge is 0.300 e. The van der Waals surface area contributed by atoms with E-state index >= 15 is 0 Å². The van der Waals surface area contributed by atoms with E-state index in [0.717, 1.165) is 23.0 Å². The van der Waals surface area contributed by atoms with E-state index in [2.05, 4.69) is 30.2 Å². The van der Waals surface area contributed by atoms with Crippen LogP contribution in [0.25, 0.3) is 28.1 Å². The lowest BCUT2D eigenvalue weighted by Crippen LogP contribution is -2.09. The molecule has 0 saturated heterocycles. The third-order valence-electron chi connectivity index (χ3n) is 4.19. The van der Waals surface area contributed by atoms with Crippen molar-refractivity contribution in [2.45, 2.75) is 10.3 Å². The van der Waals surface area contributed by atoms with Gasteiger partial charge in [-0.3, -0.25) is 9.89 Å². The van der Waals surface area contributed by atoms with Crippen LogP contribution in [0.5, 0.6) is 0 Å². The Hall–Kier alpha value is -3.43. The number of hydrogen-bond acceptors (Lipinski definition) is 6. The zero-order chi connectivity index (χ0) is 19.8. The van der Waals surface area contributed by atoms with Crippen molar-refractivity contribution in [2.24, 2.45) is 0 Å². The van der Waals surface area contributed by atoms with E-state index in [0.29, 0.717) is 32.2 Å². The molecule has 10 heteroatoms. The maximum atomic E-state index is 12.5. The Kier molecular flexibility index (Phi) is 4.38. The Balaban J connectivity index is 1.50. The molecule has 0 atom stereocenters. The van der Waals surface area contributed by atoms with Gasteiger partial charge in [0.1, 0.15) is 5.39 Å². The molecule has 0 radical (unpaired) electrons. The number of rotatable bonds is 4. The van der Waals surface area contributed by atoms with Crippen molar-refractivity contribution in [1.29, 1.82) is 0 Å². The number of nitrogens with one attached hydrogen (secondary N) is 2. The molecular weight excluding hydrogens is 410 g/mol. The number of H-pyrrole nitrogens is 2. The van der Waals surface area contributed by atoms with Crippen molar-refractivity contribution >= 4 is 34.4 Å². The molecule has 3 aromatic heterocycles. The molecule has 2 aromatic carbocycles. The van der Waals surface area contributed by atoms with Crippen LogP contribution in [0.15, 0.2) is 75.9 Å². The molecule has 0 fully saturated rings. The lowest BCUT2D eigenvalue weighted by Gasteiger charge is -2.03. The first-order valence-electron chi connectivity index (χ1n) is 8.57. The normalized spacial score (nSPS) is 11.2. The second kappa shape index (κ2) is 7.19. The summed E-state index contributed by atoms with van der Waals surface area (Å²) < 4.78 is 1.63. The molecule has 142 valence electrons. The smallest absolute Gasteiger partial charge is 0.262 e. The molecule has 0 aliphatic heterocycles. The molecule has 0 aliphatic carbocycles. The van der Waals surface area contributed by atoms with Crippen LogP contribution < -0.4 is 5.56 Å². The summed E-state index contributed by atoms with van der Waals surface area (Å²) in [6.07, 6.45) is 1.51. The lowest BCUT2D eigenvalue weighted by molar-refractivity contribution is 0.869. The van der Waals surface area contributed by atoms with Gasteiger partial charge in [-0.1, -0.05) is 29.8 Å².